The maximum absolute atomic E-state index is 13.9. The summed E-state index contributed by atoms with van der Waals surface area (Å²) in [6.45, 7) is 7.93. The Morgan fingerprint density at radius 1 is 0.923 bits per heavy atom. The lowest BCUT2D eigenvalue weighted by molar-refractivity contribution is -0.153. The van der Waals surface area contributed by atoms with Crippen LogP contribution in [0.15, 0.2) is 48.7 Å². The number of aromatic nitrogens is 1. The Bertz CT molecular complexity index is 1340. The van der Waals surface area contributed by atoms with Crippen LogP contribution in [0.1, 0.15) is 65.9 Å². The van der Waals surface area contributed by atoms with E-state index in [1.165, 1.54) is 50.6 Å². The zero-order valence-electron chi connectivity index (χ0n) is 22.7. The monoisotopic (exact) mass is 539 g/mol. The lowest BCUT2D eigenvalue weighted by Gasteiger charge is -2.28. The van der Waals surface area contributed by atoms with Gasteiger partial charge >= 0.3 is 11.9 Å². The van der Waals surface area contributed by atoms with Crippen molar-refractivity contribution in [2.45, 2.75) is 53.1 Å². The summed E-state index contributed by atoms with van der Waals surface area (Å²) >= 11 is 0. The van der Waals surface area contributed by atoms with E-state index in [4.69, 9.17) is 14.2 Å². The van der Waals surface area contributed by atoms with Crippen LogP contribution < -0.4 is 9.47 Å². The number of esters is 2. The van der Waals surface area contributed by atoms with E-state index < -0.39 is 47.3 Å². The molecule has 0 radical (unpaired) electrons. The molecule has 3 rings (SSSR count). The highest BCUT2D eigenvalue weighted by molar-refractivity contribution is 5.99. The highest BCUT2D eigenvalue weighted by Gasteiger charge is 2.31. The number of pyridine rings is 1. The molecule has 0 amide bonds. The van der Waals surface area contributed by atoms with Crippen molar-refractivity contribution in [2.24, 2.45) is 5.92 Å². The molecule has 0 fully saturated rings. The quantitative estimate of drug-likeness (QED) is 0.235. The Labute approximate surface area is 226 Å². The Morgan fingerprint density at radius 3 is 1.97 bits per heavy atom. The largest absolute Gasteiger partial charge is 0.493 e. The smallest absolute Gasteiger partial charge is 0.309 e. The maximum atomic E-state index is 13.9. The molecule has 0 saturated heterocycles. The molecule has 1 aromatic heterocycles. The van der Waals surface area contributed by atoms with Crippen LogP contribution in [0.3, 0.4) is 0 Å². The average molecular weight is 540 g/mol. The van der Waals surface area contributed by atoms with E-state index in [2.05, 4.69) is 4.98 Å². The average Bonchev–Trinajstić information content (AvgIpc) is 2.86. The van der Waals surface area contributed by atoms with Gasteiger partial charge in [-0.3, -0.25) is 14.4 Å². The molecule has 0 aliphatic rings. The van der Waals surface area contributed by atoms with Gasteiger partial charge in [-0.25, -0.2) is 13.8 Å². The van der Waals surface area contributed by atoms with Gasteiger partial charge < -0.3 is 14.2 Å². The molecule has 0 N–H and O–H groups in total. The number of rotatable bonds is 10. The zero-order valence-corrected chi connectivity index (χ0v) is 22.7. The molecule has 2 aromatic carbocycles. The highest BCUT2D eigenvalue weighted by Crippen LogP contribution is 2.35. The second-order valence-corrected chi connectivity index (χ2v) is 9.43. The molecule has 0 aliphatic carbocycles. The summed E-state index contributed by atoms with van der Waals surface area (Å²) in [6.07, 6.45) is 0.329. The van der Waals surface area contributed by atoms with Crippen molar-refractivity contribution in [3.8, 4) is 11.5 Å². The highest BCUT2D eigenvalue weighted by atomic mass is 19.1. The van der Waals surface area contributed by atoms with E-state index in [9.17, 15) is 23.2 Å². The number of hydrogen-bond donors (Lipinski definition) is 0. The Balaban J connectivity index is 1.85. The Morgan fingerprint density at radius 2 is 1.49 bits per heavy atom. The minimum Gasteiger partial charge on any atom is -0.493 e. The number of nitrogens with zero attached hydrogens (tertiary/aromatic N) is 1. The lowest BCUT2D eigenvalue weighted by atomic mass is 9.82. The molecule has 39 heavy (non-hydrogen) atoms. The lowest BCUT2D eigenvalue weighted by Crippen LogP contribution is -2.28. The fourth-order valence-electron chi connectivity index (χ4n) is 4.51. The molecule has 206 valence electrons. The normalized spacial score (nSPS) is 12.5. The van der Waals surface area contributed by atoms with Crippen molar-refractivity contribution in [1.29, 1.82) is 0 Å². The first-order chi connectivity index (χ1) is 18.4. The summed E-state index contributed by atoms with van der Waals surface area (Å²) in [7, 11) is 1.36. The van der Waals surface area contributed by atoms with E-state index in [1.54, 1.807) is 39.8 Å². The number of ketones is 1. The first kappa shape index (κ1) is 29.4. The topological polar surface area (TPSA) is 91.8 Å². The minimum atomic E-state index is -0.873. The van der Waals surface area contributed by atoms with Gasteiger partial charge in [-0.15, -0.1) is 0 Å². The molecule has 3 aromatic rings. The van der Waals surface area contributed by atoms with E-state index in [1.807, 2.05) is 0 Å². The Hall–Kier alpha value is -4.14. The second-order valence-electron chi connectivity index (χ2n) is 9.43. The summed E-state index contributed by atoms with van der Waals surface area (Å²) < 4.78 is 43.9. The predicted octanol–water partition coefficient (Wildman–Crippen LogP) is 5.88. The standard InChI is InChI=1S/C30H31F2NO6/c1-16-13-21(31)7-9-23(16)27(24-10-8-22(32)14-17(24)2)19(4)38-30(36)18(3)15-25(35)28-29(39-20(5)34)26(37-6)11-12-33-28/h7-14,18-19,27H,15H2,1-6H3/t18-,19+/m1/s1. The molecular weight excluding hydrogens is 508 g/mol. The molecule has 9 heteroatoms. The summed E-state index contributed by atoms with van der Waals surface area (Å²) in [5.41, 5.74) is 2.61. The van der Waals surface area contributed by atoms with Crippen molar-refractivity contribution in [3.05, 3.63) is 88.2 Å². The molecule has 7 nitrogen and oxygen atoms in total. The molecule has 0 aliphatic heterocycles. The number of halogens is 2. The Kier molecular flexibility index (Phi) is 9.51. The van der Waals surface area contributed by atoms with Gasteiger partial charge in [0.25, 0.3) is 0 Å². The van der Waals surface area contributed by atoms with Crippen molar-refractivity contribution in [3.63, 3.8) is 0 Å². The van der Waals surface area contributed by atoms with Crippen LogP contribution in [0.2, 0.25) is 0 Å². The number of hydrogen-bond acceptors (Lipinski definition) is 7. The number of Topliss-reactive ketones (excluding diaryl/α,β-unsaturated/α-hetero) is 1. The molecule has 0 saturated carbocycles. The van der Waals surface area contributed by atoms with E-state index in [0.29, 0.717) is 11.1 Å². The van der Waals surface area contributed by atoms with Crippen LogP contribution in [0, 0.1) is 31.4 Å². The van der Waals surface area contributed by atoms with Crippen LogP contribution in [-0.4, -0.2) is 35.9 Å². The third kappa shape index (κ3) is 7.04. The van der Waals surface area contributed by atoms with Gasteiger partial charge in [0.2, 0.25) is 5.75 Å². The molecule has 1 heterocycles. The second kappa shape index (κ2) is 12.6. The summed E-state index contributed by atoms with van der Waals surface area (Å²) in [5.74, 6) is -4.00. The molecule has 0 bridgehead atoms. The fraction of sp³-hybridized carbons (Fsp3) is 0.333. The van der Waals surface area contributed by atoms with Gasteiger partial charge in [-0.2, -0.15) is 0 Å². The van der Waals surface area contributed by atoms with Gasteiger partial charge in [0.15, 0.2) is 17.2 Å². The van der Waals surface area contributed by atoms with Crippen molar-refractivity contribution < 1.29 is 37.4 Å². The van der Waals surface area contributed by atoms with Gasteiger partial charge in [0, 0.05) is 31.5 Å². The molecule has 0 spiro atoms. The van der Waals surface area contributed by atoms with Gasteiger partial charge in [-0.1, -0.05) is 19.1 Å². The molecular formula is C30H31F2NO6. The number of ether oxygens (including phenoxy) is 3. The summed E-state index contributed by atoms with van der Waals surface area (Å²) in [4.78, 5) is 41.8. The molecule has 2 atom stereocenters. The maximum Gasteiger partial charge on any atom is 0.309 e. The van der Waals surface area contributed by atoms with Crippen LogP contribution in [0.5, 0.6) is 11.5 Å². The zero-order chi connectivity index (χ0) is 28.9. The minimum absolute atomic E-state index is 0.120. The number of aryl methyl sites for hydroxylation is 2. The summed E-state index contributed by atoms with van der Waals surface area (Å²) in [5, 5.41) is 0. The van der Waals surface area contributed by atoms with E-state index in [0.717, 1.165) is 11.1 Å². The van der Waals surface area contributed by atoms with E-state index >= 15 is 0 Å². The van der Waals surface area contributed by atoms with Crippen molar-refractivity contribution >= 4 is 17.7 Å². The SMILES string of the molecule is COc1ccnc(C(=O)C[C@@H](C)C(=O)O[C@@H](C)C(c2ccc(F)cc2C)c2ccc(F)cc2C)c1OC(C)=O. The molecule has 0 unspecified atom stereocenters. The van der Waals surface area contributed by atoms with Crippen molar-refractivity contribution in [2.75, 3.05) is 7.11 Å². The van der Waals surface area contributed by atoms with Crippen LogP contribution in [-0.2, 0) is 14.3 Å². The van der Waals surface area contributed by atoms with Gasteiger partial charge in [-0.05, 0) is 67.3 Å². The van der Waals surface area contributed by atoms with Crippen LogP contribution >= 0.6 is 0 Å². The van der Waals surface area contributed by atoms with Crippen LogP contribution in [0.25, 0.3) is 0 Å². The fourth-order valence-corrected chi connectivity index (χ4v) is 4.51. The third-order valence-corrected chi connectivity index (χ3v) is 6.40. The van der Waals surface area contributed by atoms with Gasteiger partial charge in [0.05, 0.1) is 13.0 Å². The van der Waals surface area contributed by atoms with Gasteiger partial charge in [0.1, 0.15) is 17.7 Å². The number of methoxy groups -OCH3 is 1. The summed E-state index contributed by atoms with van der Waals surface area (Å²) in [6, 6.07) is 10.1. The van der Waals surface area contributed by atoms with E-state index in [-0.39, 0.29) is 23.6 Å². The first-order valence-corrected chi connectivity index (χ1v) is 12.4. The number of carbonyl (C=O) groups is 3. The predicted molar refractivity (Wildman–Crippen MR) is 140 cm³/mol. The van der Waals surface area contributed by atoms with Crippen LogP contribution in [0.4, 0.5) is 8.78 Å². The number of carbonyl (C=O) groups excluding carboxylic acids is 3. The van der Waals surface area contributed by atoms with Crippen molar-refractivity contribution in [1.82, 2.24) is 4.98 Å². The number of benzene rings is 2. The first-order valence-electron chi connectivity index (χ1n) is 12.4. The third-order valence-electron chi connectivity index (χ3n) is 6.40.